The Bertz CT molecular complexity index is 989. The van der Waals surface area contributed by atoms with Crippen LogP contribution >= 0.6 is 0 Å². The number of rotatable bonds is 5. The van der Waals surface area contributed by atoms with E-state index in [-0.39, 0.29) is 23.8 Å². The molecule has 0 aliphatic heterocycles. The SMILES string of the molecule is Cc1nc2c(cnn2C(C)C)cc1C(=O)N(Cc1ccc(F)cc1)C1CC1. The molecule has 5 nitrogen and oxygen atoms in total. The number of hydrogen-bond acceptors (Lipinski definition) is 3. The number of carbonyl (C=O) groups excluding carboxylic acids is 1. The molecule has 0 bridgehead atoms. The molecule has 0 unspecified atom stereocenters. The number of hydrogen-bond donors (Lipinski definition) is 0. The topological polar surface area (TPSA) is 51.0 Å². The highest BCUT2D eigenvalue weighted by molar-refractivity contribution is 5.98. The number of nitrogens with zero attached hydrogens (tertiary/aromatic N) is 4. The number of pyridine rings is 1. The standard InChI is InChI=1S/C21H23FN4O/c1-13(2)26-20-16(11-23-26)10-19(14(3)24-20)21(27)25(18-8-9-18)12-15-4-6-17(22)7-5-15/h4-7,10-11,13,18H,8-9,12H2,1-3H3. The second kappa shape index (κ2) is 6.76. The highest BCUT2D eigenvalue weighted by atomic mass is 19.1. The molecule has 0 saturated heterocycles. The van der Waals surface area contributed by atoms with Crippen LogP contribution in [0.2, 0.25) is 0 Å². The van der Waals surface area contributed by atoms with E-state index in [1.807, 2.05) is 22.6 Å². The van der Waals surface area contributed by atoms with Crippen molar-refractivity contribution in [2.24, 2.45) is 0 Å². The molecule has 4 rings (SSSR count). The zero-order valence-corrected chi connectivity index (χ0v) is 15.8. The Labute approximate surface area is 157 Å². The minimum Gasteiger partial charge on any atom is -0.331 e. The zero-order valence-electron chi connectivity index (χ0n) is 15.8. The lowest BCUT2D eigenvalue weighted by Gasteiger charge is -2.23. The van der Waals surface area contributed by atoms with Crippen LogP contribution in [0.25, 0.3) is 11.0 Å². The first-order valence-corrected chi connectivity index (χ1v) is 9.34. The van der Waals surface area contributed by atoms with E-state index in [4.69, 9.17) is 0 Å². The van der Waals surface area contributed by atoms with Gasteiger partial charge in [0.05, 0.1) is 17.5 Å². The van der Waals surface area contributed by atoms with E-state index in [2.05, 4.69) is 23.9 Å². The third kappa shape index (κ3) is 3.44. The van der Waals surface area contributed by atoms with E-state index in [0.29, 0.717) is 17.8 Å². The van der Waals surface area contributed by atoms with Crippen LogP contribution in [0.3, 0.4) is 0 Å². The van der Waals surface area contributed by atoms with Crippen LogP contribution in [0.1, 0.15) is 54.3 Å². The first-order chi connectivity index (χ1) is 12.9. The van der Waals surface area contributed by atoms with Crippen LogP contribution < -0.4 is 0 Å². The fourth-order valence-electron chi connectivity index (χ4n) is 3.35. The quantitative estimate of drug-likeness (QED) is 0.678. The average Bonchev–Trinajstić information content (AvgIpc) is 3.39. The lowest BCUT2D eigenvalue weighted by Crippen LogP contribution is -2.33. The van der Waals surface area contributed by atoms with Gasteiger partial charge in [0.1, 0.15) is 5.82 Å². The highest BCUT2D eigenvalue weighted by Crippen LogP contribution is 2.31. The second-order valence-corrected chi connectivity index (χ2v) is 7.51. The van der Waals surface area contributed by atoms with Crippen molar-refractivity contribution in [1.29, 1.82) is 0 Å². The molecule has 6 heteroatoms. The number of carbonyl (C=O) groups is 1. The van der Waals surface area contributed by atoms with Gasteiger partial charge in [0.2, 0.25) is 0 Å². The molecule has 1 fully saturated rings. The van der Waals surface area contributed by atoms with E-state index in [1.54, 1.807) is 18.3 Å². The van der Waals surface area contributed by atoms with Gasteiger partial charge in [-0.15, -0.1) is 0 Å². The number of aromatic nitrogens is 3. The molecule has 3 aromatic rings. The van der Waals surface area contributed by atoms with Crippen molar-refractivity contribution in [3.63, 3.8) is 0 Å². The minimum absolute atomic E-state index is 0.0222. The monoisotopic (exact) mass is 366 g/mol. The molecule has 1 aliphatic rings. The molecule has 1 aromatic carbocycles. The van der Waals surface area contributed by atoms with Crippen LogP contribution in [-0.4, -0.2) is 31.6 Å². The van der Waals surface area contributed by atoms with E-state index in [1.165, 1.54) is 12.1 Å². The molecular formula is C21H23FN4O. The van der Waals surface area contributed by atoms with Gasteiger partial charge in [-0.3, -0.25) is 4.79 Å². The van der Waals surface area contributed by atoms with Crippen LogP contribution in [0.15, 0.2) is 36.5 Å². The van der Waals surface area contributed by atoms with E-state index in [0.717, 1.165) is 29.4 Å². The summed E-state index contributed by atoms with van der Waals surface area (Å²) < 4.78 is 15.1. The largest absolute Gasteiger partial charge is 0.331 e. The molecule has 2 heterocycles. The summed E-state index contributed by atoms with van der Waals surface area (Å²) in [6, 6.07) is 8.69. The third-order valence-electron chi connectivity index (χ3n) is 4.99. The van der Waals surface area contributed by atoms with Crippen LogP contribution in [0, 0.1) is 12.7 Å². The number of halogens is 1. The van der Waals surface area contributed by atoms with E-state index < -0.39 is 0 Å². The van der Waals surface area contributed by atoms with Crippen molar-refractivity contribution in [2.45, 2.75) is 52.2 Å². The van der Waals surface area contributed by atoms with Gasteiger partial charge >= 0.3 is 0 Å². The summed E-state index contributed by atoms with van der Waals surface area (Å²) in [6.45, 7) is 6.46. The molecule has 1 amide bonds. The van der Waals surface area contributed by atoms with Crippen LogP contribution in [-0.2, 0) is 6.54 Å². The van der Waals surface area contributed by atoms with Crippen molar-refractivity contribution in [1.82, 2.24) is 19.7 Å². The van der Waals surface area contributed by atoms with Crippen LogP contribution in [0.4, 0.5) is 4.39 Å². The Hall–Kier alpha value is -2.76. The van der Waals surface area contributed by atoms with Gasteiger partial charge in [0, 0.05) is 24.0 Å². The molecule has 1 aliphatic carbocycles. The van der Waals surface area contributed by atoms with Gasteiger partial charge in [0.15, 0.2) is 5.65 Å². The van der Waals surface area contributed by atoms with Gasteiger partial charge in [-0.2, -0.15) is 5.10 Å². The van der Waals surface area contributed by atoms with Crippen molar-refractivity contribution in [3.8, 4) is 0 Å². The second-order valence-electron chi connectivity index (χ2n) is 7.51. The van der Waals surface area contributed by atoms with Gasteiger partial charge in [-0.05, 0) is 57.4 Å². The molecule has 1 saturated carbocycles. The fraction of sp³-hybridized carbons (Fsp3) is 0.381. The molecule has 0 atom stereocenters. The first-order valence-electron chi connectivity index (χ1n) is 9.34. The molecule has 0 spiro atoms. The normalized spacial score (nSPS) is 14.1. The third-order valence-corrected chi connectivity index (χ3v) is 4.99. The summed E-state index contributed by atoms with van der Waals surface area (Å²) in [4.78, 5) is 19.8. The maximum absolute atomic E-state index is 13.3. The Morgan fingerprint density at radius 2 is 2.00 bits per heavy atom. The highest BCUT2D eigenvalue weighted by Gasteiger charge is 2.34. The number of amides is 1. The van der Waals surface area contributed by atoms with E-state index >= 15 is 0 Å². The first kappa shape index (κ1) is 17.6. The zero-order chi connectivity index (χ0) is 19.1. The summed E-state index contributed by atoms with van der Waals surface area (Å²) in [7, 11) is 0. The predicted octanol–water partition coefficient (Wildman–Crippen LogP) is 4.26. The summed E-state index contributed by atoms with van der Waals surface area (Å²) >= 11 is 0. The summed E-state index contributed by atoms with van der Waals surface area (Å²) in [5.41, 5.74) is 3.05. The maximum Gasteiger partial charge on any atom is 0.256 e. The van der Waals surface area contributed by atoms with Crippen molar-refractivity contribution >= 4 is 16.9 Å². The van der Waals surface area contributed by atoms with Crippen molar-refractivity contribution in [2.75, 3.05) is 0 Å². The predicted molar refractivity (Wildman–Crippen MR) is 102 cm³/mol. The van der Waals surface area contributed by atoms with Crippen molar-refractivity contribution < 1.29 is 9.18 Å². The van der Waals surface area contributed by atoms with Crippen LogP contribution in [0.5, 0.6) is 0 Å². The average molecular weight is 366 g/mol. The van der Waals surface area contributed by atoms with Gasteiger partial charge in [-0.1, -0.05) is 12.1 Å². The number of benzene rings is 1. The Morgan fingerprint density at radius 3 is 2.63 bits per heavy atom. The minimum atomic E-state index is -0.268. The number of fused-ring (bicyclic) bond motifs is 1. The fourth-order valence-corrected chi connectivity index (χ4v) is 3.35. The molecule has 140 valence electrons. The maximum atomic E-state index is 13.3. The molecule has 2 aromatic heterocycles. The molecular weight excluding hydrogens is 343 g/mol. The summed E-state index contributed by atoms with van der Waals surface area (Å²) in [5, 5.41) is 5.27. The van der Waals surface area contributed by atoms with Gasteiger partial charge in [0.25, 0.3) is 5.91 Å². The Kier molecular flexibility index (Phi) is 4.42. The van der Waals surface area contributed by atoms with Gasteiger partial charge < -0.3 is 4.90 Å². The molecule has 27 heavy (non-hydrogen) atoms. The summed E-state index contributed by atoms with van der Waals surface area (Å²) in [5.74, 6) is -0.290. The Balaban J connectivity index is 1.67. The molecule has 0 N–H and O–H groups in total. The molecule has 0 radical (unpaired) electrons. The Morgan fingerprint density at radius 1 is 1.30 bits per heavy atom. The lowest BCUT2D eigenvalue weighted by molar-refractivity contribution is 0.0729. The van der Waals surface area contributed by atoms with E-state index in [9.17, 15) is 9.18 Å². The van der Waals surface area contributed by atoms with Gasteiger partial charge in [-0.25, -0.2) is 14.1 Å². The van der Waals surface area contributed by atoms with Crippen molar-refractivity contribution in [3.05, 3.63) is 59.2 Å². The smallest absolute Gasteiger partial charge is 0.256 e. The number of aryl methyl sites for hydroxylation is 1. The lowest BCUT2D eigenvalue weighted by atomic mass is 10.1. The summed E-state index contributed by atoms with van der Waals surface area (Å²) in [6.07, 6.45) is 3.78.